The van der Waals surface area contributed by atoms with Crippen molar-refractivity contribution in [2.75, 3.05) is 18.1 Å². The van der Waals surface area contributed by atoms with E-state index in [1.165, 1.54) is 22.2 Å². The zero-order valence-corrected chi connectivity index (χ0v) is 15.7. The molecule has 0 saturated heterocycles. The summed E-state index contributed by atoms with van der Waals surface area (Å²) in [5, 5.41) is 0. The number of fused-ring (bicyclic) bond motifs is 1. The van der Waals surface area contributed by atoms with Crippen LogP contribution in [-0.4, -0.2) is 25.0 Å². The van der Waals surface area contributed by atoms with Gasteiger partial charge in [-0.1, -0.05) is 55.1 Å². The number of hydrogen-bond donors (Lipinski definition) is 0. The maximum Gasteiger partial charge on any atom is 0.326 e. The number of benzene rings is 2. The van der Waals surface area contributed by atoms with E-state index in [0.29, 0.717) is 11.5 Å². The molecule has 0 bridgehead atoms. The molecule has 0 unspecified atom stereocenters. The smallest absolute Gasteiger partial charge is 0.326 e. The molecule has 3 rings (SSSR count). The average Bonchev–Trinajstić information content (AvgIpc) is 2.66. The van der Waals surface area contributed by atoms with Crippen molar-refractivity contribution in [1.29, 1.82) is 0 Å². The summed E-state index contributed by atoms with van der Waals surface area (Å²) < 4.78 is 5.03. The second-order valence-corrected chi connectivity index (χ2v) is 6.95. The van der Waals surface area contributed by atoms with Crippen LogP contribution in [0.1, 0.15) is 25.0 Å². The van der Waals surface area contributed by atoms with Gasteiger partial charge >= 0.3 is 5.97 Å². The Bertz CT molecular complexity index is 843. The van der Waals surface area contributed by atoms with E-state index in [9.17, 15) is 9.59 Å². The van der Waals surface area contributed by atoms with Gasteiger partial charge in [0.2, 0.25) is 0 Å². The van der Waals surface area contributed by atoms with Crippen molar-refractivity contribution < 1.29 is 14.3 Å². The van der Waals surface area contributed by atoms with Gasteiger partial charge in [-0.15, -0.1) is 0 Å². The molecule has 26 heavy (non-hydrogen) atoms. The standard InChI is InChI=1S/C21H21NO3S/c1-3-15-9-11-16(12-10-15)13-19-21(24)22(14-20(23)25-4-2)17-7-5-6-8-18(17)26-19/h5-13H,3-4,14H2,1-2H3. The van der Waals surface area contributed by atoms with Gasteiger partial charge < -0.3 is 4.74 Å². The fraction of sp³-hybridized carbons (Fsp3) is 0.238. The zero-order valence-electron chi connectivity index (χ0n) is 14.9. The van der Waals surface area contributed by atoms with Gasteiger partial charge in [0, 0.05) is 4.90 Å². The highest BCUT2D eigenvalue weighted by Gasteiger charge is 2.30. The third-order valence-corrected chi connectivity index (χ3v) is 5.19. The van der Waals surface area contributed by atoms with Gasteiger partial charge in [0.1, 0.15) is 6.54 Å². The summed E-state index contributed by atoms with van der Waals surface area (Å²) >= 11 is 1.43. The van der Waals surface area contributed by atoms with E-state index in [1.807, 2.05) is 42.5 Å². The number of amides is 1. The van der Waals surface area contributed by atoms with Crippen LogP contribution in [0.4, 0.5) is 5.69 Å². The predicted octanol–water partition coefficient (Wildman–Crippen LogP) is 4.29. The van der Waals surface area contributed by atoms with Gasteiger partial charge in [-0.2, -0.15) is 0 Å². The van der Waals surface area contributed by atoms with Crippen LogP contribution >= 0.6 is 11.8 Å². The number of hydrogen-bond acceptors (Lipinski definition) is 4. The maximum absolute atomic E-state index is 13.0. The lowest BCUT2D eigenvalue weighted by molar-refractivity contribution is -0.142. The van der Waals surface area contributed by atoms with Crippen molar-refractivity contribution in [3.8, 4) is 0 Å². The summed E-state index contributed by atoms with van der Waals surface area (Å²) in [4.78, 5) is 28.0. The maximum atomic E-state index is 13.0. The van der Waals surface area contributed by atoms with Gasteiger partial charge in [0.15, 0.2) is 0 Å². The Morgan fingerprint density at radius 3 is 2.54 bits per heavy atom. The highest BCUT2D eigenvalue weighted by atomic mass is 32.2. The Morgan fingerprint density at radius 1 is 1.12 bits per heavy atom. The molecule has 1 heterocycles. The second kappa shape index (κ2) is 8.23. The third-order valence-electron chi connectivity index (χ3n) is 4.11. The summed E-state index contributed by atoms with van der Waals surface area (Å²) in [6.45, 7) is 4.07. The number of thioether (sulfide) groups is 1. The Hall–Kier alpha value is -2.53. The normalized spacial score (nSPS) is 15.1. The minimum atomic E-state index is -0.408. The summed E-state index contributed by atoms with van der Waals surface area (Å²) in [6, 6.07) is 15.8. The first kappa shape index (κ1) is 18.3. The van der Waals surface area contributed by atoms with E-state index in [0.717, 1.165) is 22.6 Å². The molecule has 1 aliphatic heterocycles. The SMILES string of the molecule is CCOC(=O)CN1C(=O)C(=Cc2ccc(CC)cc2)Sc2ccccc21. The summed E-state index contributed by atoms with van der Waals surface area (Å²) in [6.07, 6.45) is 2.85. The van der Waals surface area contributed by atoms with Crippen molar-refractivity contribution in [3.05, 3.63) is 64.6 Å². The molecule has 5 heteroatoms. The largest absolute Gasteiger partial charge is 0.465 e. The van der Waals surface area contributed by atoms with Crippen LogP contribution in [0.15, 0.2) is 58.3 Å². The average molecular weight is 367 g/mol. The van der Waals surface area contributed by atoms with Crippen LogP contribution in [0.3, 0.4) is 0 Å². The molecule has 0 aromatic heterocycles. The lowest BCUT2D eigenvalue weighted by atomic mass is 10.1. The van der Waals surface area contributed by atoms with E-state index >= 15 is 0 Å². The van der Waals surface area contributed by atoms with E-state index in [1.54, 1.807) is 6.92 Å². The number of nitrogens with zero attached hydrogens (tertiary/aromatic N) is 1. The first-order chi connectivity index (χ1) is 12.6. The molecule has 1 aliphatic rings. The predicted molar refractivity (Wildman–Crippen MR) is 105 cm³/mol. The summed E-state index contributed by atoms with van der Waals surface area (Å²) in [5.41, 5.74) is 2.96. The molecule has 0 aliphatic carbocycles. The van der Waals surface area contributed by atoms with E-state index in [4.69, 9.17) is 4.74 Å². The van der Waals surface area contributed by atoms with Gasteiger partial charge in [-0.05, 0) is 42.7 Å². The van der Waals surface area contributed by atoms with E-state index < -0.39 is 5.97 Å². The molecule has 0 N–H and O–H groups in total. The first-order valence-electron chi connectivity index (χ1n) is 8.67. The molecule has 0 radical (unpaired) electrons. The van der Waals surface area contributed by atoms with Crippen LogP contribution < -0.4 is 4.90 Å². The highest BCUT2D eigenvalue weighted by molar-refractivity contribution is 8.04. The lowest BCUT2D eigenvalue weighted by Crippen LogP contribution is -2.39. The van der Waals surface area contributed by atoms with Crippen LogP contribution in [-0.2, 0) is 20.7 Å². The fourth-order valence-electron chi connectivity index (χ4n) is 2.76. The third kappa shape index (κ3) is 3.99. The Labute approximate surface area is 157 Å². The van der Waals surface area contributed by atoms with Gasteiger partial charge in [0.05, 0.1) is 17.2 Å². The second-order valence-electron chi connectivity index (χ2n) is 5.87. The fourth-order valence-corrected chi connectivity index (χ4v) is 3.81. The van der Waals surface area contributed by atoms with Crippen LogP contribution in [0.5, 0.6) is 0 Å². The van der Waals surface area contributed by atoms with Crippen LogP contribution in [0.2, 0.25) is 0 Å². The van der Waals surface area contributed by atoms with Gasteiger partial charge in [-0.25, -0.2) is 0 Å². The number of carbonyl (C=O) groups is 2. The molecule has 134 valence electrons. The Morgan fingerprint density at radius 2 is 1.85 bits per heavy atom. The van der Waals surface area contributed by atoms with Crippen molar-refractivity contribution >= 4 is 35.4 Å². The Kier molecular flexibility index (Phi) is 5.78. The van der Waals surface area contributed by atoms with Crippen molar-refractivity contribution in [2.45, 2.75) is 25.2 Å². The molecule has 0 fully saturated rings. The molecule has 0 spiro atoms. The molecule has 1 amide bonds. The van der Waals surface area contributed by atoms with Crippen molar-refractivity contribution in [3.63, 3.8) is 0 Å². The number of esters is 1. The van der Waals surface area contributed by atoms with Gasteiger partial charge in [-0.3, -0.25) is 14.5 Å². The van der Waals surface area contributed by atoms with Gasteiger partial charge in [0.25, 0.3) is 5.91 Å². The number of rotatable bonds is 5. The number of ether oxygens (including phenoxy) is 1. The molecular weight excluding hydrogens is 346 g/mol. The summed E-state index contributed by atoms with van der Waals surface area (Å²) in [5.74, 6) is -0.587. The van der Waals surface area contributed by atoms with Crippen molar-refractivity contribution in [2.24, 2.45) is 0 Å². The molecule has 0 atom stereocenters. The number of para-hydroxylation sites is 1. The van der Waals surface area contributed by atoms with E-state index in [-0.39, 0.29) is 12.5 Å². The number of anilines is 1. The van der Waals surface area contributed by atoms with Crippen molar-refractivity contribution in [1.82, 2.24) is 0 Å². The van der Waals surface area contributed by atoms with E-state index in [2.05, 4.69) is 19.1 Å². The Balaban J connectivity index is 1.94. The topological polar surface area (TPSA) is 46.6 Å². The molecule has 2 aromatic carbocycles. The molecule has 0 saturated carbocycles. The zero-order chi connectivity index (χ0) is 18.5. The lowest BCUT2D eigenvalue weighted by Gasteiger charge is -2.29. The minimum absolute atomic E-state index is 0.0869. The monoisotopic (exact) mass is 367 g/mol. The minimum Gasteiger partial charge on any atom is -0.465 e. The quantitative estimate of drug-likeness (QED) is 0.584. The first-order valence-corrected chi connectivity index (χ1v) is 9.49. The number of carbonyl (C=O) groups excluding carboxylic acids is 2. The number of aryl methyl sites for hydroxylation is 1. The van der Waals surface area contributed by atoms with Crippen LogP contribution in [0.25, 0.3) is 6.08 Å². The molecular formula is C21H21NO3S. The molecule has 4 nitrogen and oxygen atoms in total. The van der Waals surface area contributed by atoms with Crippen LogP contribution in [0, 0.1) is 0 Å². The highest BCUT2D eigenvalue weighted by Crippen LogP contribution is 2.41. The molecule has 2 aromatic rings. The summed E-state index contributed by atoms with van der Waals surface area (Å²) in [7, 11) is 0.